The van der Waals surface area contributed by atoms with Gasteiger partial charge in [0.2, 0.25) is 5.91 Å². The van der Waals surface area contributed by atoms with E-state index in [4.69, 9.17) is 5.73 Å². The number of nitrogens with two attached hydrogens (primary N) is 1. The monoisotopic (exact) mass is 339 g/mol. The lowest BCUT2D eigenvalue weighted by atomic mass is 9.90. The van der Waals surface area contributed by atoms with E-state index in [1.54, 1.807) is 12.1 Å². The topological polar surface area (TPSA) is 75.4 Å². The van der Waals surface area contributed by atoms with Crippen molar-refractivity contribution in [1.29, 1.82) is 0 Å². The van der Waals surface area contributed by atoms with Gasteiger partial charge in [0, 0.05) is 31.6 Å². The highest BCUT2D eigenvalue weighted by Crippen LogP contribution is 2.28. The summed E-state index contributed by atoms with van der Waals surface area (Å²) < 4.78 is 0. The number of nitrogens with one attached hydrogen (secondary N) is 1. The van der Waals surface area contributed by atoms with Gasteiger partial charge >= 0.3 is 0 Å². The van der Waals surface area contributed by atoms with Crippen LogP contribution < -0.4 is 11.1 Å². The second-order valence-corrected chi connectivity index (χ2v) is 6.31. The van der Waals surface area contributed by atoms with Gasteiger partial charge in [-0.15, -0.1) is 12.4 Å². The minimum atomic E-state index is -0.0927. The van der Waals surface area contributed by atoms with Crippen LogP contribution >= 0.6 is 12.4 Å². The highest BCUT2D eigenvalue weighted by Gasteiger charge is 2.34. The third-order valence-corrected chi connectivity index (χ3v) is 4.29. The van der Waals surface area contributed by atoms with Gasteiger partial charge in [0.1, 0.15) is 0 Å². The van der Waals surface area contributed by atoms with E-state index < -0.39 is 0 Å². The molecule has 1 fully saturated rings. The summed E-state index contributed by atoms with van der Waals surface area (Å²) in [5.41, 5.74) is 6.47. The average Bonchev–Trinajstić information content (AvgIpc) is 2.95. The Morgan fingerprint density at radius 1 is 1.30 bits per heavy atom. The summed E-state index contributed by atoms with van der Waals surface area (Å²) in [6.45, 7) is 4.80. The first-order chi connectivity index (χ1) is 10.5. The molecule has 6 heteroatoms. The number of benzene rings is 1. The van der Waals surface area contributed by atoms with E-state index in [1.165, 1.54) is 0 Å². The molecule has 2 amide bonds. The quantitative estimate of drug-likeness (QED) is 0.776. The van der Waals surface area contributed by atoms with Crippen molar-refractivity contribution >= 4 is 24.2 Å². The molecule has 0 spiro atoms. The van der Waals surface area contributed by atoms with Crippen LogP contribution in [0.5, 0.6) is 0 Å². The molecule has 1 atom stereocenters. The van der Waals surface area contributed by atoms with E-state index in [0.29, 0.717) is 31.5 Å². The number of hydrogen-bond donors (Lipinski definition) is 2. The van der Waals surface area contributed by atoms with E-state index in [9.17, 15) is 9.59 Å². The first-order valence-electron chi connectivity index (χ1n) is 7.85. The molecule has 0 aromatic heterocycles. The Balaban J connectivity index is 0.00000264. The van der Waals surface area contributed by atoms with Crippen LogP contribution in [0.1, 0.15) is 36.5 Å². The van der Waals surface area contributed by atoms with Gasteiger partial charge in [0.25, 0.3) is 5.91 Å². The maximum absolute atomic E-state index is 12.1. The standard InChI is InChI=1S/C17H25N3O2.ClH/c1-17(12-18)9-11-20(13-17)15(21)8-5-10-19-16(22)14-6-3-2-4-7-14;/h2-4,6-7H,5,8-13,18H2,1H3,(H,19,22);1H. The molecule has 128 valence electrons. The summed E-state index contributed by atoms with van der Waals surface area (Å²) in [7, 11) is 0. The summed E-state index contributed by atoms with van der Waals surface area (Å²) in [5, 5.41) is 2.84. The highest BCUT2D eigenvalue weighted by atomic mass is 35.5. The molecule has 2 rings (SSSR count). The lowest BCUT2D eigenvalue weighted by Crippen LogP contribution is -2.34. The van der Waals surface area contributed by atoms with Crippen LogP contribution in [-0.2, 0) is 4.79 Å². The number of carbonyl (C=O) groups excluding carboxylic acids is 2. The van der Waals surface area contributed by atoms with Gasteiger partial charge in [-0.2, -0.15) is 0 Å². The van der Waals surface area contributed by atoms with Gasteiger partial charge in [-0.1, -0.05) is 25.1 Å². The number of halogens is 1. The van der Waals surface area contributed by atoms with Crippen molar-refractivity contribution in [2.75, 3.05) is 26.2 Å². The minimum absolute atomic E-state index is 0. The van der Waals surface area contributed by atoms with E-state index in [2.05, 4.69) is 12.2 Å². The maximum Gasteiger partial charge on any atom is 0.251 e. The van der Waals surface area contributed by atoms with Gasteiger partial charge in [-0.3, -0.25) is 9.59 Å². The van der Waals surface area contributed by atoms with Crippen molar-refractivity contribution in [3.05, 3.63) is 35.9 Å². The zero-order valence-electron chi connectivity index (χ0n) is 13.6. The molecule has 0 aliphatic carbocycles. The van der Waals surface area contributed by atoms with Gasteiger partial charge in [0.05, 0.1) is 0 Å². The highest BCUT2D eigenvalue weighted by molar-refractivity contribution is 5.94. The third-order valence-electron chi connectivity index (χ3n) is 4.29. The lowest BCUT2D eigenvalue weighted by Gasteiger charge is -2.22. The molecule has 1 saturated heterocycles. The largest absolute Gasteiger partial charge is 0.352 e. The van der Waals surface area contributed by atoms with Crippen molar-refractivity contribution in [3.63, 3.8) is 0 Å². The molecule has 1 heterocycles. The second-order valence-electron chi connectivity index (χ2n) is 6.31. The number of rotatable bonds is 6. The zero-order valence-corrected chi connectivity index (χ0v) is 14.4. The average molecular weight is 340 g/mol. The summed E-state index contributed by atoms with van der Waals surface area (Å²) in [6.07, 6.45) is 2.10. The Morgan fingerprint density at radius 3 is 2.61 bits per heavy atom. The molecule has 0 bridgehead atoms. The maximum atomic E-state index is 12.1. The number of nitrogens with zero attached hydrogens (tertiary/aromatic N) is 1. The predicted octanol–water partition coefficient (Wildman–Crippen LogP) is 1.82. The van der Waals surface area contributed by atoms with Gasteiger partial charge in [-0.05, 0) is 36.9 Å². The van der Waals surface area contributed by atoms with E-state index >= 15 is 0 Å². The fraction of sp³-hybridized carbons (Fsp3) is 0.529. The molecule has 23 heavy (non-hydrogen) atoms. The van der Waals surface area contributed by atoms with Crippen LogP contribution in [0.3, 0.4) is 0 Å². The molecule has 0 radical (unpaired) electrons. The summed E-state index contributed by atoms with van der Waals surface area (Å²) in [5.74, 6) is 0.0658. The van der Waals surface area contributed by atoms with E-state index in [0.717, 1.165) is 19.5 Å². The molecule has 3 N–H and O–H groups in total. The normalized spacial score (nSPS) is 20.0. The Labute approximate surface area is 144 Å². The Hall–Kier alpha value is -1.59. The van der Waals surface area contributed by atoms with Gasteiger partial charge in [-0.25, -0.2) is 0 Å². The van der Waals surface area contributed by atoms with Gasteiger partial charge in [0.15, 0.2) is 0 Å². The third kappa shape index (κ3) is 5.52. The molecule has 5 nitrogen and oxygen atoms in total. The Morgan fingerprint density at radius 2 is 2.00 bits per heavy atom. The van der Waals surface area contributed by atoms with Crippen LogP contribution in [-0.4, -0.2) is 42.9 Å². The first kappa shape index (κ1) is 19.5. The second kappa shape index (κ2) is 8.89. The van der Waals surface area contributed by atoms with Crippen molar-refractivity contribution in [1.82, 2.24) is 10.2 Å². The van der Waals surface area contributed by atoms with Crippen LogP contribution in [0.15, 0.2) is 30.3 Å². The Bertz CT molecular complexity index is 524. The number of amides is 2. The van der Waals surface area contributed by atoms with E-state index in [1.807, 2.05) is 23.1 Å². The predicted molar refractivity (Wildman–Crippen MR) is 93.6 cm³/mol. The smallest absolute Gasteiger partial charge is 0.251 e. The molecular weight excluding hydrogens is 314 g/mol. The minimum Gasteiger partial charge on any atom is -0.352 e. The van der Waals surface area contributed by atoms with E-state index in [-0.39, 0.29) is 29.6 Å². The summed E-state index contributed by atoms with van der Waals surface area (Å²) in [6, 6.07) is 9.10. The summed E-state index contributed by atoms with van der Waals surface area (Å²) >= 11 is 0. The van der Waals surface area contributed by atoms with Crippen LogP contribution in [0.2, 0.25) is 0 Å². The molecule has 1 aromatic carbocycles. The molecule has 0 saturated carbocycles. The van der Waals surface area contributed by atoms with Crippen molar-refractivity contribution in [2.24, 2.45) is 11.1 Å². The summed E-state index contributed by atoms with van der Waals surface area (Å²) in [4.78, 5) is 25.9. The number of hydrogen-bond acceptors (Lipinski definition) is 3. The lowest BCUT2D eigenvalue weighted by molar-refractivity contribution is -0.130. The molecule has 1 unspecified atom stereocenters. The molecule has 1 aliphatic rings. The number of likely N-dealkylation sites (tertiary alicyclic amines) is 1. The van der Waals surface area contributed by atoms with Crippen molar-refractivity contribution in [2.45, 2.75) is 26.2 Å². The molecule has 1 aromatic rings. The first-order valence-corrected chi connectivity index (χ1v) is 7.85. The Kier molecular flexibility index (Phi) is 7.52. The molecular formula is C17H26ClN3O2. The van der Waals surface area contributed by atoms with Gasteiger partial charge < -0.3 is 16.0 Å². The van der Waals surface area contributed by atoms with Crippen molar-refractivity contribution < 1.29 is 9.59 Å². The zero-order chi connectivity index (χ0) is 16.0. The van der Waals surface area contributed by atoms with Crippen molar-refractivity contribution in [3.8, 4) is 0 Å². The van der Waals surface area contributed by atoms with Crippen LogP contribution in [0.4, 0.5) is 0 Å². The molecule has 1 aliphatic heterocycles. The fourth-order valence-electron chi connectivity index (χ4n) is 2.69. The number of carbonyl (C=O) groups is 2. The SMILES string of the molecule is CC1(CN)CCN(C(=O)CCCNC(=O)c2ccccc2)C1.Cl. The fourth-order valence-corrected chi connectivity index (χ4v) is 2.69. The van der Waals surface area contributed by atoms with Crippen LogP contribution in [0.25, 0.3) is 0 Å². The van der Waals surface area contributed by atoms with Crippen LogP contribution in [0, 0.1) is 5.41 Å².